The molecule has 144 valence electrons. The van der Waals surface area contributed by atoms with Crippen LogP contribution in [0.3, 0.4) is 0 Å². The van der Waals surface area contributed by atoms with Gasteiger partial charge in [-0.3, -0.25) is 4.79 Å². The Hall–Kier alpha value is -3.42. The van der Waals surface area contributed by atoms with Crippen molar-refractivity contribution in [2.45, 2.75) is 19.5 Å². The van der Waals surface area contributed by atoms with Crippen molar-refractivity contribution in [1.29, 1.82) is 0 Å². The number of hydrogen-bond donors (Lipinski definition) is 1. The Labute approximate surface area is 159 Å². The maximum absolute atomic E-state index is 13.2. The number of nitrogens with one attached hydrogen (secondary N) is 1. The van der Waals surface area contributed by atoms with E-state index >= 15 is 0 Å². The number of aromatic nitrogens is 2. The molecule has 1 amide bonds. The van der Waals surface area contributed by atoms with E-state index in [1.54, 1.807) is 12.1 Å². The molecule has 28 heavy (non-hydrogen) atoms. The van der Waals surface area contributed by atoms with Gasteiger partial charge in [0, 0.05) is 18.1 Å². The van der Waals surface area contributed by atoms with Crippen molar-refractivity contribution < 1.29 is 22.7 Å². The lowest BCUT2D eigenvalue weighted by Gasteiger charge is -2.14. The van der Waals surface area contributed by atoms with Crippen LogP contribution in [-0.2, 0) is 12.6 Å². The molecule has 2 aromatic carbocycles. The standard InChI is InChI=1S/C20H16F3N3O2/c1-2-13-7-9-14(10-8-13)26-18(27)17-19(25-12-11-24-17)28-16-6-4-3-5-15(16)20(21,22)23/h3-12H,2H2,1H3,(H,26,27). The summed E-state index contributed by atoms with van der Waals surface area (Å²) < 4.78 is 44.8. The van der Waals surface area contributed by atoms with Crippen LogP contribution in [-0.4, -0.2) is 15.9 Å². The van der Waals surface area contributed by atoms with E-state index in [2.05, 4.69) is 15.3 Å². The van der Waals surface area contributed by atoms with Crippen LogP contribution in [0.5, 0.6) is 11.6 Å². The molecule has 3 rings (SSSR count). The van der Waals surface area contributed by atoms with Crippen LogP contribution >= 0.6 is 0 Å². The second kappa shape index (κ2) is 8.08. The minimum absolute atomic E-state index is 0.223. The first-order chi connectivity index (χ1) is 13.4. The zero-order valence-corrected chi connectivity index (χ0v) is 14.8. The number of rotatable bonds is 5. The second-order valence-electron chi connectivity index (χ2n) is 5.81. The lowest BCUT2D eigenvalue weighted by atomic mass is 10.1. The number of nitrogens with zero attached hydrogens (tertiary/aromatic N) is 2. The molecule has 0 bridgehead atoms. The SMILES string of the molecule is CCc1ccc(NC(=O)c2nccnc2Oc2ccccc2C(F)(F)F)cc1. The van der Waals surface area contributed by atoms with E-state index in [-0.39, 0.29) is 11.6 Å². The first-order valence-corrected chi connectivity index (χ1v) is 8.44. The van der Waals surface area contributed by atoms with Crippen LogP contribution in [0.2, 0.25) is 0 Å². The summed E-state index contributed by atoms with van der Waals surface area (Å²) in [5.74, 6) is -1.42. The van der Waals surface area contributed by atoms with Crippen LogP contribution in [0, 0.1) is 0 Å². The maximum atomic E-state index is 13.2. The van der Waals surface area contributed by atoms with E-state index in [4.69, 9.17) is 4.74 Å². The highest BCUT2D eigenvalue weighted by molar-refractivity contribution is 6.04. The highest BCUT2D eigenvalue weighted by Crippen LogP contribution is 2.37. The summed E-state index contributed by atoms with van der Waals surface area (Å²) in [5.41, 5.74) is 0.431. The fourth-order valence-electron chi connectivity index (χ4n) is 2.46. The summed E-state index contributed by atoms with van der Waals surface area (Å²) in [4.78, 5) is 20.3. The number of hydrogen-bond acceptors (Lipinski definition) is 4. The van der Waals surface area contributed by atoms with Gasteiger partial charge in [0.2, 0.25) is 0 Å². The number of halogens is 3. The monoisotopic (exact) mass is 387 g/mol. The van der Waals surface area contributed by atoms with Crippen LogP contribution in [0.15, 0.2) is 60.9 Å². The van der Waals surface area contributed by atoms with Gasteiger partial charge in [-0.1, -0.05) is 31.2 Å². The number of carbonyl (C=O) groups excluding carboxylic acids is 1. The third-order valence-electron chi connectivity index (χ3n) is 3.90. The van der Waals surface area contributed by atoms with Crippen LogP contribution in [0.25, 0.3) is 0 Å². The normalized spacial score (nSPS) is 11.1. The van der Waals surface area contributed by atoms with Crippen molar-refractivity contribution in [2.75, 3.05) is 5.32 Å². The van der Waals surface area contributed by atoms with Gasteiger partial charge >= 0.3 is 6.18 Å². The largest absolute Gasteiger partial charge is 0.436 e. The molecule has 0 aliphatic heterocycles. The lowest BCUT2D eigenvalue weighted by Crippen LogP contribution is -2.16. The Morgan fingerprint density at radius 2 is 1.71 bits per heavy atom. The van der Waals surface area contributed by atoms with Crippen molar-refractivity contribution in [2.24, 2.45) is 0 Å². The number of para-hydroxylation sites is 1. The van der Waals surface area contributed by atoms with E-state index < -0.39 is 23.4 Å². The molecule has 0 saturated carbocycles. The maximum Gasteiger partial charge on any atom is 0.419 e. The zero-order valence-electron chi connectivity index (χ0n) is 14.8. The highest BCUT2D eigenvalue weighted by atomic mass is 19.4. The van der Waals surface area contributed by atoms with Crippen molar-refractivity contribution in [1.82, 2.24) is 9.97 Å². The van der Waals surface area contributed by atoms with E-state index in [0.717, 1.165) is 24.1 Å². The highest BCUT2D eigenvalue weighted by Gasteiger charge is 2.34. The van der Waals surface area contributed by atoms with Crippen molar-refractivity contribution >= 4 is 11.6 Å². The van der Waals surface area contributed by atoms with E-state index in [0.29, 0.717) is 5.69 Å². The number of amides is 1. The summed E-state index contributed by atoms with van der Waals surface area (Å²) in [6.45, 7) is 2.01. The third-order valence-corrected chi connectivity index (χ3v) is 3.90. The smallest absolute Gasteiger partial charge is 0.419 e. The topological polar surface area (TPSA) is 64.1 Å². The van der Waals surface area contributed by atoms with Gasteiger partial charge < -0.3 is 10.1 Å². The fraction of sp³-hybridized carbons (Fsp3) is 0.150. The Morgan fingerprint density at radius 1 is 1.04 bits per heavy atom. The molecule has 0 radical (unpaired) electrons. The predicted octanol–water partition coefficient (Wildman–Crippen LogP) is 5.10. The summed E-state index contributed by atoms with van der Waals surface area (Å²) in [6, 6.07) is 11.9. The molecule has 0 fully saturated rings. The number of ether oxygens (including phenoxy) is 1. The Morgan fingerprint density at radius 3 is 2.39 bits per heavy atom. The molecule has 1 aromatic heterocycles. The Kier molecular flexibility index (Phi) is 5.58. The average molecular weight is 387 g/mol. The summed E-state index contributed by atoms with van der Waals surface area (Å²) in [5, 5.41) is 2.64. The van der Waals surface area contributed by atoms with Gasteiger partial charge in [-0.15, -0.1) is 0 Å². The molecular weight excluding hydrogens is 371 g/mol. The molecule has 5 nitrogen and oxygen atoms in total. The van der Waals surface area contributed by atoms with E-state index in [9.17, 15) is 18.0 Å². The molecule has 8 heteroatoms. The molecule has 0 aliphatic rings. The molecule has 0 unspecified atom stereocenters. The molecule has 0 saturated heterocycles. The first kappa shape index (κ1) is 19.3. The van der Waals surface area contributed by atoms with Gasteiger partial charge in [0.1, 0.15) is 5.75 Å². The van der Waals surface area contributed by atoms with Gasteiger partial charge in [-0.05, 0) is 36.2 Å². The number of carbonyl (C=O) groups is 1. The molecule has 0 spiro atoms. The number of anilines is 1. The van der Waals surface area contributed by atoms with Crippen molar-refractivity contribution in [3.63, 3.8) is 0 Å². The molecule has 0 atom stereocenters. The fourth-order valence-corrected chi connectivity index (χ4v) is 2.46. The molecule has 1 heterocycles. The minimum Gasteiger partial charge on any atom is -0.436 e. The van der Waals surface area contributed by atoms with E-state index in [1.807, 2.05) is 19.1 Å². The first-order valence-electron chi connectivity index (χ1n) is 8.44. The van der Waals surface area contributed by atoms with Crippen LogP contribution in [0.4, 0.5) is 18.9 Å². The van der Waals surface area contributed by atoms with Gasteiger partial charge in [-0.2, -0.15) is 13.2 Å². The quantitative estimate of drug-likeness (QED) is 0.661. The van der Waals surface area contributed by atoms with Gasteiger partial charge in [-0.25, -0.2) is 9.97 Å². The average Bonchev–Trinajstić information content (AvgIpc) is 2.68. The molecule has 1 N–H and O–H groups in total. The van der Waals surface area contributed by atoms with Crippen LogP contribution in [0.1, 0.15) is 28.5 Å². The number of benzene rings is 2. The minimum atomic E-state index is -4.61. The van der Waals surface area contributed by atoms with Crippen molar-refractivity contribution in [3.8, 4) is 11.6 Å². The zero-order chi connectivity index (χ0) is 20.1. The van der Waals surface area contributed by atoms with Gasteiger partial charge in [0.25, 0.3) is 11.8 Å². The summed E-state index contributed by atoms with van der Waals surface area (Å²) in [7, 11) is 0. The Bertz CT molecular complexity index is 973. The third kappa shape index (κ3) is 4.46. The predicted molar refractivity (Wildman–Crippen MR) is 97.3 cm³/mol. The van der Waals surface area contributed by atoms with Gasteiger partial charge in [0.05, 0.1) is 5.56 Å². The number of alkyl halides is 3. The van der Waals surface area contributed by atoms with E-state index in [1.165, 1.54) is 24.5 Å². The molecule has 0 aliphatic carbocycles. The van der Waals surface area contributed by atoms with Gasteiger partial charge in [0.15, 0.2) is 5.69 Å². The second-order valence-corrected chi connectivity index (χ2v) is 5.81. The molecular formula is C20H16F3N3O2. The molecule has 3 aromatic rings. The summed E-state index contributed by atoms with van der Waals surface area (Å²) >= 11 is 0. The Balaban J connectivity index is 1.86. The van der Waals surface area contributed by atoms with Crippen molar-refractivity contribution in [3.05, 3.63) is 77.7 Å². The van der Waals surface area contributed by atoms with Crippen LogP contribution < -0.4 is 10.1 Å². The summed E-state index contributed by atoms with van der Waals surface area (Å²) in [6.07, 6.45) is -1.26. The number of aryl methyl sites for hydroxylation is 1. The lowest BCUT2D eigenvalue weighted by molar-refractivity contribution is -0.138.